The number of nitrogens with zero attached hydrogens (tertiary/aromatic N) is 3. The number of ether oxygens (including phenoxy) is 1. The zero-order chi connectivity index (χ0) is 22.7. The Morgan fingerprint density at radius 3 is 2.66 bits per heavy atom. The third-order valence-corrected chi connectivity index (χ3v) is 6.22. The Balaban J connectivity index is 1.52. The summed E-state index contributed by atoms with van der Waals surface area (Å²) in [4.78, 5) is 30.0. The molecule has 0 saturated carbocycles. The van der Waals surface area contributed by atoms with E-state index in [9.17, 15) is 9.59 Å². The summed E-state index contributed by atoms with van der Waals surface area (Å²) < 4.78 is 6.74. The van der Waals surface area contributed by atoms with Gasteiger partial charge in [-0.05, 0) is 36.1 Å². The molecular weight excluding hydrogens is 471 g/mol. The summed E-state index contributed by atoms with van der Waals surface area (Å²) >= 11 is 13.6. The first-order chi connectivity index (χ1) is 15.4. The molecule has 4 rings (SSSR count). The first-order valence-electron chi connectivity index (χ1n) is 9.41. The van der Waals surface area contributed by atoms with Gasteiger partial charge in [-0.15, -0.1) is 11.3 Å². The Labute approximate surface area is 197 Å². The molecule has 1 N–H and O–H groups in total. The zero-order valence-corrected chi connectivity index (χ0v) is 19.0. The molecule has 7 nitrogen and oxygen atoms in total. The van der Waals surface area contributed by atoms with Crippen molar-refractivity contribution in [1.29, 1.82) is 0 Å². The summed E-state index contributed by atoms with van der Waals surface area (Å²) in [5.74, 6) is -1.13. The molecule has 0 aliphatic heterocycles. The van der Waals surface area contributed by atoms with Gasteiger partial charge in [0.05, 0.1) is 20.6 Å². The molecule has 162 valence electrons. The molecule has 0 aliphatic carbocycles. The van der Waals surface area contributed by atoms with Crippen molar-refractivity contribution in [3.63, 3.8) is 0 Å². The lowest BCUT2D eigenvalue weighted by molar-refractivity contribution is -0.119. The molecule has 4 aromatic rings. The summed E-state index contributed by atoms with van der Waals surface area (Å²) in [5.41, 5.74) is 2.11. The first-order valence-corrected chi connectivity index (χ1v) is 11.0. The highest BCUT2D eigenvalue weighted by molar-refractivity contribution is 7.13. The van der Waals surface area contributed by atoms with Gasteiger partial charge in [-0.1, -0.05) is 47.5 Å². The van der Waals surface area contributed by atoms with Crippen LogP contribution in [-0.4, -0.2) is 33.2 Å². The van der Waals surface area contributed by atoms with Gasteiger partial charge in [0.15, 0.2) is 18.1 Å². The molecule has 1 aromatic carbocycles. The maximum atomic E-state index is 12.8. The third-order valence-electron chi connectivity index (χ3n) is 4.49. The Bertz CT molecular complexity index is 1270. The number of pyridine rings is 1. The van der Waals surface area contributed by atoms with Crippen LogP contribution in [0.15, 0.2) is 60.1 Å². The largest absolute Gasteiger partial charge is 0.451 e. The minimum Gasteiger partial charge on any atom is -0.451 e. The summed E-state index contributed by atoms with van der Waals surface area (Å²) in [5, 5.41) is 9.61. The zero-order valence-electron chi connectivity index (χ0n) is 16.7. The van der Waals surface area contributed by atoms with Crippen LogP contribution in [0, 0.1) is 6.92 Å². The van der Waals surface area contributed by atoms with E-state index in [0.29, 0.717) is 22.0 Å². The Kier molecular flexibility index (Phi) is 6.55. The number of amides is 1. The van der Waals surface area contributed by atoms with Crippen LogP contribution >= 0.6 is 34.5 Å². The average Bonchev–Trinajstić information content (AvgIpc) is 3.48. The smallest absolute Gasteiger partial charge is 0.357 e. The number of anilines is 1. The number of carbonyl (C=O) groups excluding carboxylic acids is 2. The van der Waals surface area contributed by atoms with E-state index < -0.39 is 18.5 Å². The van der Waals surface area contributed by atoms with E-state index in [1.165, 1.54) is 22.2 Å². The SMILES string of the molecule is Cc1c(Cl)cnc(NC(=O)COC(=O)c2cc(-c3cccs3)nn2-c2ccccc2)c1Cl. The second-order valence-corrected chi connectivity index (χ2v) is 8.39. The molecule has 0 spiro atoms. The van der Waals surface area contributed by atoms with E-state index in [-0.39, 0.29) is 16.5 Å². The minimum atomic E-state index is -0.689. The lowest BCUT2D eigenvalue weighted by Crippen LogP contribution is -2.22. The van der Waals surface area contributed by atoms with Gasteiger partial charge in [0.1, 0.15) is 5.69 Å². The standard InChI is InChI=1S/C22H16Cl2N4O3S/c1-13-15(23)11-25-21(20(13)24)26-19(29)12-31-22(30)17-10-16(18-8-5-9-32-18)27-28(17)14-6-3-2-4-7-14/h2-11H,12H2,1H3,(H,25,26,29). The molecule has 0 fully saturated rings. The topological polar surface area (TPSA) is 86.1 Å². The minimum absolute atomic E-state index is 0.143. The number of thiophene rings is 1. The van der Waals surface area contributed by atoms with Gasteiger partial charge in [-0.25, -0.2) is 14.5 Å². The van der Waals surface area contributed by atoms with Crippen LogP contribution in [0.4, 0.5) is 5.82 Å². The lowest BCUT2D eigenvalue weighted by atomic mass is 10.3. The van der Waals surface area contributed by atoms with Crippen LogP contribution in [0.5, 0.6) is 0 Å². The van der Waals surface area contributed by atoms with E-state index in [4.69, 9.17) is 27.9 Å². The van der Waals surface area contributed by atoms with Crippen LogP contribution in [0.2, 0.25) is 10.0 Å². The fourth-order valence-corrected chi connectivity index (χ4v) is 3.93. The monoisotopic (exact) mass is 486 g/mol. The van der Waals surface area contributed by atoms with Crippen molar-refractivity contribution in [2.45, 2.75) is 6.92 Å². The van der Waals surface area contributed by atoms with Crippen molar-refractivity contribution in [3.05, 3.63) is 81.4 Å². The Morgan fingerprint density at radius 2 is 1.94 bits per heavy atom. The fraction of sp³-hybridized carbons (Fsp3) is 0.0909. The number of hydrogen-bond donors (Lipinski definition) is 1. The Hall–Kier alpha value is -3.20. The van der Waals surface area contributed by atoms with Gasteiger partial charge in [-0.2, -0.15) is 5.10 Å². The predicted octanol–water partition coefficient (Wildman–Crippen LogP) is 5.41. The van der Waals surface area contributed by atoms with Crippen molar-refractivity contribution >= 4 is 52.2 Å². The number of rotatable bonds is 6. The van der Waals surface area contributed by atoms with Crippen LogP contribution in [0.25, 0.3) is 16.3 Å². The second kappa shape index (κ2) is 9.52. The van der Waals surface area contributed by atoms with E-state index in [2.05, 4.69) is 15.4 Å². The van der Waals surface area contributed by atoms with Gasteiger partial charge in [0.2, 0.25) is 0 Å². The number of benzene rings is 1. The first kappa shape index (κ1) is 22.0. The average molecular weight is 487 g/mol. The molecule has 3 aromatic heterocycles. The van der Waals surface area contributed by atoms with Crippen molar-refractivity contribution in [2.75, 3.05) is 11.9 Å². The van der Waals surface area contributed by atoms with E-state index >= 15 is 0 Å². The molecule has 0 radical (unpaired) electrons. The summed E-state index contributed by atoms with van der Waals surface area (Å²) in [7, 11) is 0. The lowest BCUT2D eigenvalue weighted by Gasteiger charge is -2.10. The molecule has 10 heteroatoms. The van der Waals surface area contributed by atoms with Gasteiger partial charge in [0, 0.05) is 12.3 Å². The Morgan fingerprint density at radius 1 is 1.16 bits per heavy atom. The van der Waals surface area contributed by atoms with Crippen molar-refractivity contribution < 1.29 is 14.3 Å². The van der Waals surface area contributed by atoms with Crippen LogP contribution in [0.1, 0.15) is 16.1 Å². The maximum absolute atomic E-state index is 12.8. The van der Waals surface area contributed by atoms with Crippen LogP contribution in [0.3, 0.4) is 0 Å². The quantitative estimate of drug-likeness (QED) is 0.368. The molecular formula is C22H16Cl2N4O3S. The number of hydrogen-bond acceptors (Lipinski definition) is 6. The molecule has 0 bridgehead atoms. The van der Waals surface area contributed by atoms with Crippen molar-refractivity contribution in [1.82, 2.24) is 14.8 Å². The normalized spacial score (nSPS) is 10.7. The van der Waals surface area contributed by atoms with Gasteiger partial charge in [0.25, 0.3) is 5.91 Å². The molecule has 0 aliphatic rings. The number of aromatic nitrogens is 3. The number of nitrogens with one attached hydrogen (secondary N) is 1. The fourth-order valence-electron chi connectivity index (χ4n) is 2.85. The number of halogens is 2. The van der Waals surface area contributed by atoms with E-state index in [1.54, 1.807) is 13.0 Å². The van der Waals surface area contributed by atoms with Crippen molar-refractivity contribution in [3.8, 4) is 16.3 Å². The molecule has 3 heterocycles. The molecule has 0 unspecified atom stereocenters. The van der Waals surface area contributed by atoms with E-state index in [1.807, 2.05) is 47.8 Å². The summed E-state index contributed by atoms with van der Waals surface area (Å²) in [6.07, 6.45) is 1.38. The predicted molar refractivity (Wildman–Crippen MR) is 125 cm³/mol. The van der Waals surface area contributed by atoms with E-state index in [0.717, 1.165) is 4.88 Å². The maximum Gasteiger partial charge on any atom is 0.357 e. The highest BCUT2D eigenvalue weighted by Crippen LogP contribution is 2.29. The highest BCUT2D eigenvalue weighted by atomic mass is 35.5. The molecule has 0 atom stereocenters. The summed E-state index contributed by atoms with van der Waals surface area (Å²) in [6, 6.07) is 14.7. The van der Waals surface area contributed by atoms with Crippen LogP contribution < -0.4 is 5.32 Å². The number of para-hydroxylation sites is 1. The molecule has 1 amide bonds. The number of carbonyl (C=O) groups is 2. The number of esters is 1. The summed E-state index contributed by atoms with van der Waals surface area (Å²) in [6.45, 7) is 1.19. The second-order valence-electron chi connectivity index (χ2n) is 6.66. The van der Waals surface area contributed by atoms with Crippen LogP contribution in [-0.2, 0) is 9.53 Å². The van der Waals surface area contributed by atoms with Gasteiger partial charge >= 0.3 is 5.97 Å². The van der Waals surface area contributed by atoms with Gasteiger partial charge < -0.3 is 10.1 Å². The highest BCUT2D eigenvalue weighted by Gasteiger charge is 2.21. The van der Waals surface area contributed by atoms with Gasteiger partial charge in [-0.3, -0.25) is 4.79 Å². The molecule has 0 saturated heterocycles. The third kappa shape index (κ3) is 4.67. The molecule has 32 heavy (non-hydrogen) atoms. The van der Waals surface area contributed by atoms with Crippen molar-refractivity contribution in [2.24, 2.45) is 0 Å².